The van der Waals surface area contributed by atoms with Crippen molar-refractivity contribution in [2.75, 3.05) is 12.0 Å². The number of nitrogens with one attached hydrogen (secondary N) is 1. The quantitative estimate of drug-likeness (QED) is 0.386. The Balaban J connectivity index is 1.65. The average Bonchev–Trinajstić information content (AvgIpc) is 3.34. The molecule has 0 saturated carbocycles. The highest BCUT2D eigenvalue weighted by Crippen LogP contribution is 2.39. The van der Waals surface area contributed by atoms with Crippen molar-refractivity contribution in [3.05, 3.63) is 101 Å². The van der Waals surface area contributed by atoms with Gasteiger partial charge in [0.05, 0.1) is 24.4 Å². The number of hydrogen-bond acceptors (Lipinski definition) is 5. The van der Waals surface area contributed by atoms with Crippen LogP contribution in [-0.4, -0.2) is 23.3 Å². The van der Waals surface area contributed by atoms with E-state index in [2.05, 4.69) is 10.5 Å². The molecule has 0 saturated heterocycles. The van der Waals surface area contributed by atoms with E-state index < -0.39 is 6.04 Å². The van der Waals surface area contributed by atoms with Crippen LogP contribution in [0, 0.1) is 13.8 Å². The molecule has 1 aliphatic heterocycles. The first-order chi connectivity index (χ1) is 16.9. The maximum atomic E-state index is 13.4. The summed E-state index contributed by atoms with van der Waals surface area (Å²) < 4.78 is 11.2. The monoisotopic (exact) mass is 466 g/mol. The van der Waals surface area contributed by atoms with Gasteiger partial charge in [0.2, 0.25) is 5.82 Å². The van der Waals surface area contributed by atoms with Crippen LogP contribution in [0.4, 0.5) is 10.5 Å². The van der Waals surface area contributed by atoms with Crippen LogP contribution in [0.2, 0.25) is 0 Å². The number of nitrogens with zero attached hydrogens (tertiary/aromatic N) is 3. The molecule has 0 bridgehead atoms. The van der Waals surface area contributed by atoms with Crippen molar-refractivity contribution in [3.63, 3.8) is 0 Å². The third-order valence-corrected chi connectivity index (χ3v) is 6.17. The number of urea groups is 1. The van der Waals surface area contributed by atoms with Crippen molar-refractivity contribution in [2.24, 2.45) is 0 Å². The summed E-state index contributed by atoms with van der Waals surface area (Å²) >= 11 is 0. The number of carbonyl (C=O) groups excluding carboxylic acids is 1. The molecule has 0 spiro atoms. The molecule has 0 fully saturated rings. The molecule has 2 amide bonds. The van der Waals surface area contributed by atoms with E-state index in [1.165, 1.54) is 0 Å². The predicted molar refractivity (Wildman–Crippen MR) is 135 cm³/mol. The second-order valence-electron chi connectivity index (χ2n) is 8.62. The molecule has 176 valence electrons. The van der Waals surface area contributed by atoms with Crippen molar-refractivity contribution < 1.29 is 14.1 Å². The number of aromatic nitrogens is 2. The van der Waals surface area contributed by atoms with Crippen molar-refractivity contribution in [1.82, 2.24) is 15.5 Å². The zero-order chi connectivity index (χ0) is 24.5. The molecule has 7 heteroatoms. The highest BCUT2D eigenvalue weighted by atomic mass is 16.5. The Hall–Kier alpha value is -4.39. The molecule has 35 heavy (non-hydrogen) atoms. The van der Waals surface area contributed by atoms with Crippen molar-refractivity contribution in [1.29, 1.82) is 0 Å². The zero-order valence-corrected chi connectivity index (χ0v) is 20.1. The van der Waals surface area contributed by atoms with Crippen LogP contribution in [0.3, 0.4) is 0 Å². The van der Waals surface area contributed by atoms with E-state index in [9.17, 15) is 4.79 Å². The molecule has 5 rings (SSSR count). The van der Waals surface area contributed by atoms with Crippen LogP contribution in [-0.2, 0) is 0 Å². The van der Waals surface area contributed by atoms with Gasteiger partial charge in [0.25, 0.3) is 5.89 Å². The highest BCUT2D eigenvalue weighted by Gasteiger charge is 2.36. The first-order valence-electron chi connectivity index (χ1n) is 11.4. The molecule has 7 nitrogen and oxygen atoms in total. The molecule has 1 aliphatic rings. The minimum Gasteiger partial charge on any atom is -0.497 e. The molecule has 1 N–H and O–H groups in total. The predicted octanol–water partition coefficient (Wildman–Crippen LogP) is 6.06. The summed E-state index contributed by atoms with van der Waals surface area (Å²) in [6.07, 6.45) is 0. The summed E-state index contributed by atoms with van der Waals surface area (Å²) in [5.74, 6) is 1.51. The Labute approximate surface area is 204 Å². The van der Waals surface area contributed by atoms with Crippen LogP contribution < -0.4 is 15.0 Å². The van der Waals surface area contributed by atoms with E-state index in [0.29, 0.717) is 28.8 Å². The fourth-order valence-electron chi connectivity index (χ4n) is 4.24. The molecular formula is C28H26N4O3. The summed E-state index contributed by atoms with van der Waals surface area (Å²) in [7, 11) is 1.60. The number of amides is 2. The second kappa shape index (κ2) is 9.10. The van der Waals surface area contributed by atoms with Crippen LogP contribution in [0.5, 0.6) is 5.75 Å². The van der Waals surface area contributed by atoms with Gasteiger partial charge in [0, 0.05) is 17.3 Å². The van der Waals surface area contributed by atoms with Gasteiger partial charge >= 0.3 is 6.03 Å². The van der Waals surface area contributed by atoms with Gasteiger partial charge in [-0.2, -0.15) is 4.98 Å². The molecule has 3 aromatic carbocycles. The van der Waals surface area contributed by atoms with E-state index in [1.807, 2.05) is 93.6 Å². The first-order valence-corrected chi connectivity index (χ1v) is 11.4. The van der Waals surface area contributed by atoms with Gasteiger partial charge in [-0.1, -0.05) is 70.9 Å². The van der Waals surface area contributed by atoms with Gasteiger partial charge in [-0.05, 0) is 38.5 Å². The number of allylic oxidation sites excluding steroid dienone is 1. The smallest absolute Gasteiger partial charge is 0.327 e. The Bertz CT molecular complexity index is 1400. The minimum absolute atomic E-state index is 0.247. The van der Waals surface area contributed by atoms with E-state index in [-0.39, 0.29) is 6.03 Å². The number of methoxy groups -OCH3 is 1. The van der Waals surface area contributed by atoms with Crippen LogP contribution >= 0.6 is 0 Å². The lowest BCUT2D eigenvalue weighted by Gasteiger charge is -2.35. The molecule has 2 heterocycles. The maximum absolute atomic E-state index is 13.4. The zero-order valence-electron chi connectivity index (χ0n) is 20.1. The topological polar surface area (TPSA) is 80.5 Å². The number of benzene rings is 3. The van der Waals surface area contributed by atoms with E-state index in [1.54, 1.807) is 12.0 Å². The Morgan fingerprint density at radius 1 is 0.943 bits per heavy atom. The molecule has 1 aromatic heterocycles. The Morgan fingerprint density at radius 3 is 2.31 bits per heavy atom. The Kier molecular flexibility index (Phi) is 5.82. The lowest BCUT2D eigenvalue weighted by Crippen LogP contribution is -2.46. The van der Waals surface area contributed by atoms with Gasteiger partial charge in [-0.3, -0.25) is 4.90 Å². The molecular weight excluding hydrogens is 440 g/mol. The highest BCUT2D eigenvalue weighted by molar-refractivity contribution is 6.01. The van der Waals surface area contributed by atoms with Gasteiger partial charge in [-0.15, -0.1) is 0 Å². The second-order valence-corrected chi connectivity index (χ2v) is 8.62. The third-order valence-electron chi connectivity index (χ3n) is 6.17. The first kappa shape index (κ1) is 22.4. The summed E-state index contributed by atoms with van der Waals surface area (Å²) in [6.45, 7) is 5.95. The SMILES string of the molecule is COc1cccc(N2C(=O)NC(c3ccc(C)cc3)C(c3nc(-c4ccc(C)cc4)no3)=C2C)c1. The maximum Gasteiger partial charge on any atom is 0.327 e. The normalized spacial score (nSPS) is 15.8. The molecule has 0 radical (unpaired) electrons. The van der Waals surface area contributed by atoms with Crippen LogP contribution in [0.15, 0.2) is 83.0 Å². The summed E-state index contributed by atoms with van der Waals surface area (Å²) in [4.78, 5) is 19.7. The molecule has 4 aromatic rings. The van der Waals surface area contributed by atoms with Gasteiger partial charge in [0.15, 0.2) is 0 Å². The number of hydrogen-bond donors (Lipinski definition) is 1. The van der Waals surface area contributed by atoms with Crippen LogP contribution in [0.25, 0.3) is 17.0 Å². The van der Waals surface area contributed by atoms with E-state index in [4.69, 9.17) is 14.2 Å². The van der Waals surface area contributed by atoms with Crippen LogP contribution in [0.1, 0.15) is 35.5 Å². The lowest BCUT2D eigenvalue weighted by molar-refractivity contribution is 0.244. The largest absolute Gasteiger partial charge is 0.497 e. The summed E-state index contributed by atoms with van der Waals surface area (Å²) in [5.41, 5.74) is 6.19. The fourth-order valence-corrected chi connectivity index (χ4v) is 4.24. The van der Waals surface area contributed by atoms with E-state index in [0.717, 1.165) is 27.8 Å². The summed E-state index contributed by atoms with van der Waals surface area (Å²) in [6, 6.07) is 22.7. The van der Waals surface area contributed by atoms with E-state index >= 15 is 0 Å². The number of rotatable bonds is 5. The lowest BCUT2D eigenvalue weighted by atomic mass is 9.94. The number of anilines is 1. The molecule has 0 aliphatic carbocycles. The number of carbonyl (C=O) groups is 1. The van der Waals surface area contributed by atoms with Gasteiger partial charge < -0.3 is 14.6 Å². The number of aryl methyl sites for hydroxylation is 2. The molecule has 1 unspecified atom stereocenters. The van der Waals surface area contributed by atoms with Crippen molar-refractivity contribution in [3.8, 4) is 17.1 Å². The minimum atomic E-state index is -0.448. The average molecular weight is 467 g/mol. The van der Waals surface area contributed by atoms with Gasteiger partial charge in [-0.25, -0.2) is 4.79 Å². The Morgan fingerprint density at radius 2 is 1.63 bits per heavy atom. The fraction of sp³-hybridized carbons (Fsp3) is 0.179. The van der Waals surface area contributed by atoms with Gasteiger partial charge in [0.1, 0.15) is 5.75 Å². The summed E-state index contributed by atoms with van der Waals surface area (Å²) in [5, 5.41) is 7.37. The van der Waals surface area contributed by atoms with Crippen molar-refractivity contribution >= 4 is 17.3 Å². The number of ether oxygens (including phenoxy) is 1. The third kappa shape index (κ3) is 4.28. The standard InChI is InChI=1S/C28H26N4O3/c1-17-8-12-20(13-9-17)25-24(27-30-26(31-35-27)21-14-10-18(2)11-15-21)19(3)32(28(33)29-25)22-6-5-7-23(16-22)34-4/h5-16,25H,1-4H3,(H,29,33). The molecule has 1 atom stereocenters. The van der Waals surface area contributed by atoms with Crippen molar-refractivity contribution in [2.45, 2.75) is 26.8 Å².